The lowest BCUT2D eigenvalue weighted by Gasteiger charge is -2.28. The number of allylic oxidation sites excluding steroid dienone is 4. The highest BCUT2D eigenvalue weighted by atomic mass is 16.4. The van der Waals surface area contributed by atoms with Crippen molar-refractivity contribution in [1.82, 2.24) is 0 Å². The number of carboxylic acids is 1. The van der Waals surface area contributed by atoms with Crippen molar-refractivity contribution in [1.29, 1.82) is 0 Å². The SMILES string of the molecule is O=C(O)C1CCC2C(=O)C=CC=C2C1. The quantitative estimate of drug-likeness (QED) is 0.685. The highest BCUT2D eigenvalue weighted by Gasteiger charge is 2.33. The first-order chi connectivity index (χ1) is 6.68. The maximum atomic E-state index is 11.4. The standard InChI is InChI=1S/C11H12O3/c12-10-3-1-2-7-6-8(11(13)14)4-5-9(7)10/h1-3,8-9H,4-6H2,(H,13,14). The van der Waals surface area contributed by atoms with Gasteiger partial charge in [-0.05, 0) is 25.3 Å². The van der Waals surface area contributed by atoms with Gasteiger partial charge in [-0.15, -0.1) is 0 Å². The van der Waals surface area contributed by atoms with E-state index in [0.717, 1.165) is 5.57 Å². The Labute approximate surface area is 82.1 Å². The minimum Gasteiger partial charge on any atom is -0.481 e. The van der Waals surface area contributed by atoms with E-state index < -0.39 is 5.97 Å². The summed E-state index contributed by atoms with van der Waals surface area (Å²) in [5, 5.41) is 8.86. The van der Waals surface area contributed by atoms with Crippen LogP contribution in [0.25, 0.3) is 0 Å². The van der Waals surface area contributed by atoms with Gasteiger partial charge in [0.1, 0.15) is 0 Å². The zero-order valence-corrected chi connectivity index (χ0v) is 7.77. The third-order valence-corrected chi connectivity index (χ3v) is 3.00. The molecule has 14 heavy (non-hydrogen) atoms. The number of carboxylic acid groups (broad SMARTS) is 1. The fourth-order valence-corrected chi connectivity index (χ4v) is 2.18. The Kier molecular flexibility index (Phi) is 2.23. The van der Waals surface area contributed by atoms with Crippen LogP contribution in [0.15, 0.2) is 23.8 Å². The van der Waals surface area contributed by atoms with Gasteiger partial charge in [0.2, 0.25) is 0 Å². The molecule has 0 saturated heterocycles. The Morgan fingerprint density at radius 1 is 1.43 bits per heavy atom. The molecule has 2 aliphatic carbocycles. The van der Waals surface area contributed by atoms with Crippen molar-refractivity contribution in [2.75, 3.05) is 0 Å². The first-order valence-corrected chi connectivity index (χ1v) is 4.82. The molecule has 1 saturated carbocycles. The number of carbonyl (C=O) groups is 2. The van der Waals surface area contributed by atoms with E-state index in [1.807, 2.05) is 6.08 Å². The molecule has 0 spiro atoms. The minimum absolute atomic E-state index is 0.0319. The van der Waals surface area contributed by atoms with Crippen molar-refractivity contribution in [2.24, 2.45) is 11.8 Å². The average molecular weight is 192 g/mol. The summed E-state index contributed by atoms with van der Waals surface area (Å²) >= 11 is 0. The number of aliphatic carboxylic acids is 1. The summed E-state index contributed by atoms with van der Waals surface area (Å²) in [6.07, 6.45) is 7.04. The minimum atomic E-state index is -0.744. The Morgan fingerprint density at radius 2 is 2.21 bits per heavy atom. The van der Waals surface area contributed by atoms with E-state index in [0.29, 0.717) is 19.3 Å². The smallest absolute Gasteiger partial charge is 0.306 e. The van der Waals surface area contributed by atoms with E-state index in [2.05, 4.69) is 0 Å². The van der Waals surface area contributed by atoms with E-state index in [1.54, 1.807) is 12.2 Å². The predicted octanol–water partition coefficient (Wildman–Crippen LogP) is 1.55. The molecule has 0 radical (unpaired) electrons. The van der Waals surface area contributed by atoms with Crippen LogP contribution in [0.3, 0.4) is 0 Å². The second-order valence-electron chi connectivity index (χ2n) is 3.87. The third-order valence-electron chi connectivity index (χ3n) is 3.00. The lowest BCUT2D eigenvalue weighted by molar-refractivity contribution is -0.142. The number of carbonyl (C=O) groups excluding carboxylic acids is 1. The molecule has 1 N–H and O–H groups in total. The number of rotatable bonds is 1. The van der Waals surface area contributed by atoms with Gasteiger partial charge in [-0.2, -0.15) is 0 Å². The van der Waals surface area contributed by atoms with Crippen LogP contribution in [0, 0.1) is 11.8 Å². The van der Waals surface area contributed by atoms with Gasteiger partial charge in [-0.3, -0.25) is 9.59 Å². The molecule has 2 rings (SSSR count). The second kappa shape index (κ2) is 3.40. The lowest BCUT2D eigenvalue weighted by atomic mass is 9.74. The van der Waals surface area contributed by atoms with Crippen molar-refractivity contribution in [3.05, 3.63) is 23.8 Å². The topological polar surface area (TPSA) is 54.4 Å². The van der Waals surface area contributed by atoms with Crippen molar-refractivity contribution in [3.63, 3.8) is 0 Å². The normalized spacial score (nSPS) is 30.9. The van der Waals surface area contributed by atoms with E-state index in [9.17, 15) is 9.59 Å². The van der Waals surface area contributed by atoms with Crippen LogP contribution < -0.4 is 0 Å². The van der Waals surface area contributed by atoms with Gasteiger partial charge in [0.15, 0.2) is 5.78 Å². The maximum absolute atomic E-state index is 11.4. The Hall–Kier alpha value is -1.38. The summed E-state index contributed by atoms with van der Waals surface area (Å²) < 4.78 is 0. The molecule has 2 aliphatic rings. The Morgan fingerprint density at radius 3 is 2.93 bits per heavy atom. The molecule has 2 unspecified atom stereocenters. The van der Waals surface area contributed by atoms with Gasteiger partial charge in [0, 0.05) is 5.92 Å². The lowest BCUT2D eigenvalue weighted by Crippen LogP contribution is -2.28. The summed E-state index contributed by atoms with van der Waals surface area (Å²) in [6.45, 7) is 0. The summed E-state index contributed by atoms with van der Waals surface area (Å²) in [4.78, 5) is 22.2. The monoisotopic (exact) mass is 192 g/mol. The fraction of sp³-hybridized carbons (Fsp3) is 0.455. The molecule has 0 amide bonds. The number of hydrogen-bond acceptors (Lipinski definition) is 2. The van der Waals surface area contributed by atoms with Crippen LogP contribution in [0.4, 0.5) is 0 Å². The van der Waals surface area contributed by atoms with Crippen LogP contribution >= 0.6 is 0 Å². The van der Waals surface area contributed by atoms with Gasteiger partial charge in [-0.25, -0.2) is 0 Å². The van der Waals surface area contributed by atoms with E-state index in [1.165, 1.54) is 0 Å². The highest BCUT2D eigenvalue weighted by molar-refractivity contribution is 5.95. The predicted molar refractivity (Wildman–Crippen MR) is 50.7 cm³/mol. The van der Waals surface area contributed by atoms with Gasteiger partial charge in [0.25, 0.3) is 0 Å². The molecule has 0 aromatic rings. The molecular weight excluding hydrogens is 180 g/mol. The first kappa shape index (κ1) is 9.19. The van der Waals surface area contributed by atoms with E-state index >= 15 is 0 Å². The Bertz CT molecular complexity index is 338. The summed E-state index contributed by atoms with van der Waals surface area (Å²) in [7, 11) is 0. The van der Waals surface area contributed by atoms with Crippen molar-refractivity contribution in [3.8, 4) is 0 Å². The molecule has 3 nitrogen and oxygen atoms in total. The molecule has 3 heteroatoms. The molecular formula is C11H12O3. The zero-order chi connectivity index (χ0) is 10.1. The van der Waals surface area contributed by atoms with Gasteiger partial charge in [-0.1, -0.05) is 17.7 Å². The average Bonchev–Trinajstić information content (AvgIpc) is 2.17. The molecule has 1 fully saturated rings. The van der Waals surface area contributed by atoms with Crippen LogP contribution in [-0.4, -0.2) is 16.9 Å². The third kappa shape index (κ3) is 1.50. The molecule has 2 atom stereocenters. The van der Waals surface area contributed by atoms with Gasteiger partial charge < -0.3 is 5.11 Å². The van der Waals surface area contributed by atoms with E-state index in [-0.39, 0.29) is 17.6 Å². The van der Waals surface area contributed by atoms with E-state index in [4.69, 9.17) is 5.11 Å². The molecule has 0 aromatic heterocycles. The molecule has 0 aromatic carbocycles. The van der Waals surface area contributed by atoms with Crippen LogP contribution in [0.1, 0.15) is 19.3 Å². The van der Waals surface area contributed by atoms with Crippen molar-refractivity contribution < 1.29 is 14.7 Å². The molecule has 74 valence electrons. The summed E-state index contributed by atoms with van der Waals surface area (Å²) in [5.74, 6) is -0.940. The van der Waals surface area contributed by atoms with Gasteiger partial charge in [0.05, 0.1) is 5.92 Å². The van der Waals surface area contributed by atoms with Crippen LogP contribution in [0.5, 0.6) is 0 Å². The Balaban J connectivity index is 2.17. The second-order valence-corrected chi connectivity index (χ2v) is 3.87. The number of hydrogen-bond donors (Lipinski definition) is 1. The molecule has 0 aliphatic heterocycles. The molecule has 0 heterocycles. The van der Waals surface area contributed by atoms with Crippen LogP contribution in [-0.2, 0) is 9.59 Å². The van der Waals surface area contributed by atoms with Crippen LogP contribution in [0.2, 0.25) is 0 Å². The largest absolute Gasteiger partial charge is 0.481 e. The number of fused-ring (bicyclic) bond motifs is 1. The first-order valence-electron chi connectivity index (χ1n) is 4.82. The molecule has 0 bridgehead atoms. The summed E-state index contributed by atoms with van der Waals surface area (Å²) in [5.41, 5.74) is 0.996. The zero-order valence-electron chi connectivity index (χ0n) is 7.77. The summed E-state index contributed by atoms with van der Waals surface area (Å²) in [6, 6.07) is 0. The van der Waals surface area contributed by atoms with Gasteiger partial charge >= 0.3 is 5.97 Å². The van der Waals surface area contributed by atoms with Crippen molar-refractivity contribution in [2.45, 2.75) is 19.3 Å². The number of ketones is 1. The maximum Gasteiger partial charge on any atom is 0.306 e. The highest BCUT2D eigenvalue weighted by Crippen LogP contribution is 2.35. The fourth-order valence-electron chi connectivity index (χ4n) is 2.18. The van der Waals surface area contributed by atoms with Crippen molar-refractivity contribution >= 4 is 11.8 Å².